The summed E-state index contributed by atoms with van der Waals surface area (Å²) in [6.07, 6.45) is 5.88. The van der Waals surface area contributed by atoms with Gasteiger partial charge in [-0.3, -0.25) is 10.1 Å². The van der Waals surface area contributed by atoms with Crippen LogP contribution < -0.4 is 5.32 Å². The molecule has 3 aliphatic rings. The molecule has 3 atom stereocenters. The molecule has 7 nitrogen and oxygen atoms in total. The van der Waals surface area contributed by atoms with Gasteiger partial charge >= 0.3 is 6.03 Å². The van der Waals surface area contributed by atoms with E-state index in [0.717, 1.165) is 63.3 Å². The number of hydrogen-bond acceptors (Lipinski definition) is 3. The van der Waals surface area contributed by atoms with Crippen LogP contribution in [0.4, 0.5) is 10.6 Å². The summed E-state index contributed by atoms with van der Waals surface area (Å²) < 4.78 is 1.97. The first-order valence-corrected chi connectivity index (χ1v) is 10.9. The van der Waals surface area contributed by atoms with Crippen molar-refractivity contribution < 1.29 is 9.59 Å². The van der Waals surface area contributed by atoms with Crippen molar-refractivity contribution in [1.82, 2.24) is 19.6 Å². The van der Waals surface area contributed by atoms with Crippen molar-refractivity contribution in [3.05, 3.63) is 11.8 Å². The second kappa shape index (κ2) is 7.76. The molecule has 7 heteroatoms. The Hall–Kier alpha value is -2.05. The highest BCUT2D eigenvalue weighted by atomic mass is 16.2. The SMILES string of the molecule is CCC(CC)n1nc(C)cc1NC(=O)N1CC2CC(C1)[C@@H]1CCCC(=O)N1C2. The summed E-state index contributed by atoms with van der Waals surface area (Å²) in [6.45, 7) is 8.56. The van der Waals surface area contributed by atoms with Gasteiger partial charge in [0.15, 0.2) is 0 Å². The maximum Gasteiger partial charge on any atom is 0.323 e. The van der Waals surface area contributed by atoms with Gasteiger partial charge in [-0.15, -0.1) is 0 Å². The molecule has 1 aromatic rings. The molecule has 3 fully saturated rings. The van der Waals surface area contributed by atoms with E-state index in [2.05, 4.69) is 29.2 Å². The van der Waals surface area contributed by atoms with Crippen LogP contribution in [0.15, 0.2) is 6.07 Å². The lowest BCUT2D eigenvalue weighted by Gasteiger charge is -2.52. The molecule has 4 rings (SSSR count). The van der Waals surface area contributed by atoms with Crippen molar-refractivity contribution in [3.8, 4) is 0 Å². The zero-order valence-electron chi connectivity index (χ0n) is 17.4. The summed E-state index contributed by atoms with van der Waals surface area (Å²) in [5.41, 5.74) is 0.925. The number of amides is 3. The predicted octanol–water partition coefficient (Wildman–Crippen LogP) is 3.42. The van der Waals surface area contributed by atoms with Gasteiger partial charge in [0, 0.05) is 38.2 Å². The third-order valence-electron chi connectivity index (χ3n) is 6.85. The lowest BCUT2D eigenvalue weighted by molar-refractivity contribution is -0.144. The highest BCUT2D eigenvalue weighted by Gasteiger charge is 2.44. The summed E-state index contributed by atoms with van der Waals surface area (Å²) in [5, 5.41) is 7.74. The molecule has 2 unspecified atom stereocenters. The van der Waals surface area contributed by atoms with Crippen molar-refractivity contribution in [2.24, 2.45) is 11.8 Å². The van der Waals surface area contributed by atoms with E-state index in [1.54, 1.807) is 0 Å². The molecule has 28 heavy (non-hydrogen) atoms. The summed E-state index contributed by atoms with van der Waals surface area (Å²) in [5.74, 6) is 1.91. The number of aryl methyl sites for hydroxylation is 1. The number of nitrogens with zero attached hydrogens (tertiary/aromatic N) is 4. The zero-order chi connectivity index (χ0) is 19.8. The van der Waals surface area contributed by atoms with Gasteiger partial charge in [-0.25, -0.2) is 9.48 Å². The first-order valence-electron chi connectivity index (χ1n) is 10.9. The Kier molecular flexibility index (Phi) is 5.34. The number of carbonyl (C=O) groups excluding carboxylic acids is 2. The van der Waals surface area contributed by atoms with Crippen LogP contribution in [0.3, 0.4) is 0 Å². The fourth-order valence-electron chi connectivity index (χ4n) is 5.49. The number of urea groups is 1. The summed E-state index contributed by atoms with van der Waals surface area (Å²) in [7, 11) is 0. The number of nitrogens with one attached hydrogen (secondary N) is 1. The molecule has 4 heterocycles. The molecular weight excluding hydrogens is 354 g/mol. The van der Waals surface area contributed by atoms with E-state index in [4.69, 9.17) is 0 Å². The van der Waals surface area contributed by atoms with Gasteiger partial charge in [-0.05, 0) is 50.9 Å². The number of anilines is 1. The van der Waals surface area contributed by atoms with Gasteiger partial charge in [0.2, 0.25) is 5.91 Å². The average Bonchev–Trinajstić information content (AvgIpc) is 3.03. The fourth-order valence-corrected chi connectivity index (χ4v) is 5.49. The van der Waals surface area contributed by atoms with E-state index < -0.39 is 0 Å². The number of hydrogen-bond donors (Lipinski definition) is 1. The molecule has 154 valence electrons. The number of piperidine rings is 3. The summed E-state index contributed by atoms with van der Waals surface area (Å²) in [4.78, 5) is 29.5. The molecule has 3 aliphatic heterocycles. The molecule has 3 amide bonds. The Labute approximate surface area is 167 Å². The van der Waals surface area contributed by atoms with Crippen LogP contribution in [0.1, 0.15) is 64.1 Å². The summed E-state index contributed by atoms with van der Waals surface area (Å²) in [6, 6.07) is 2.55. The van der Waals surface area contributed by atoms with Crippen molar-refractivity contribution in [1.29, 1.82) is 0 Å². The van der Waals surface area contributed by atoms with Crippen LogP contribution in [-0.4, -0.2) is 57.2 Å². The third-order valence-corrected chi connectivity index (χ3v) is 6.85. The van der Waals surface area contributed by atoms with E-state index in [0.29, 0.717) is 36.2 Å². The second-order valence-electron chi connectivity index (χ2n) is 8.79. The van der Waals surface area contributed by atoms with Crippen LogP contribution in [0.5, 0.6) is 0 Å². The predicted molar refractivity (Wildman–Crippen MR) is 108 cm³/mol. The quantitative estimate of drug-likeness (QED) is 0.861. The van der Waals surface area contributed by atoms with E-state index in [9.17, 15) is 9.59 Å². The Morgan fingerprint density at radius 3 is 2.82 bits per heavy atom. The van der Waals surface area contributed by atoms with Gasteiger partial charge in [0.1, 0.15) is 5.82 Å². The second-order valence-corrected chi connectivity index (χ2v) is 8.79. The number of fused-ring (bicyclic) bond motifs is 4. The normalized spacial score (nSPS) is 27.1. The van der Waals surface area contributed by atoms with Crippen molar-refractivity contribution in [2.75, 3.05) is 25.0 Å². The zero-order valence-corrected chi connectivity index (χ0v) is 17.4. The smallest absolute Gasteiger partial charge is 0.323 e. The molecule has 0 aliphatic carbocycles. The van der Waals surface area contributed by atoms with Crippen molar-refractivity contribution >= 4 is 17.8 Å². The standard InChI is InChI=1S/C21H33N5O2/c1-4-17(5-2)26-19(9-14(3)23-26)22-21(28)24-11-15-10-16(13-24)18-7-6-8-20(27)25(18)12-15/h9,15-18H,4-8,10-13H2,1-3H3,(H,22,28)/t15?,16?,18-/m0/s1. The minimum absolute atomic E-state index is 0.0302. The van der Waals surface area contributed by atoms with Gasteiger partial charge < -0.3 is 9.80 Å². The van der Waals surface area contributed by atoms with Crippen molar-refractivity contribution in [2.45, 2.75) is 71.4 Å². The molecule has 0 radical (unpaired) electrons. The van der Waals surface area contributed by atoms with Gasteiger partial charge in [0.05, 0.1) is 11.7 Å². The van der Waals surface area contributed by atoms with Crippen LogP contribution >= 0.6 is 0 Å². The molecule has 1 aromatic heterocycles. The Morgan fingerprint density at radius 1 is 1.29 bits per heavy atom. The Balaban J connectivity index is 1.46. The molecule has 0 aromatic carbocycles. The van der Waals surface area contributed by atoms with E-state index in [-0.39, 0.29) is 6.03 Å². The van der Waals surface area contributed by atoms with Crippen LogP contribution in [0.25, 0.3) is 0 Å². The number of carbonyl (C=O) groups is 2. The van der Waals surface area contributed by atoms with Crippen molar-refractivity contribution in [3.63, 3.8) is 0 Å². The van der Waals surface area contributed by atoms with E-state index in [1.807, 2.05) is 22.6 Å². The van der Waals surface area contributed by atoms with Crippen LogP contribution in [0.2, 0.25) is 0 Å². The molecule has 1 N–H and O–H groups in total. The average molecular weight is 388 g/mol. The molecule has 3 saturated heterocycles. The topological polar surface area (TPSA) is 70.5 Å². The third kappa shape index (κ3) is 3.51. The number of likely N-dealkylation sites (tertiary alicyclic amines) is 1. The molecule has 0 saturated carbocycles. The first-order chi connectivity index (χ1) is 13.5. The minimum atomic E-state index is -0.0302. The summed E-state index contributed by atoms with van der Waals surface area (Å²) >= 11 is 0. The number of rotatable bonds is 4. The highest BCUT2D eigenvalue weighted by molar-refractivity contribution is 5.88. The highest BCUT2D eigenvalue weighted by Crippen LogP contribution is 2.38. The van der Waals surface area contributed by atoms with Gasteiger partial charge in [-0.1, -0.05) is 13.8 Å². The molecule has 0 spiro atoms. The number of aromatic nitrogens is 2. The van der Waals surface area contributed by atoms with E-state index >= 15 is 0 Å². The largest absolute Gasteiger partial charge is 0.339 e. The maximum absolute atomic E-state index is 13.1. The Bertz CT molecular complexity index is 741. The lowest BCUT2D eigenvalue weighted by atomic mass is 9.76. The lowest BCUT2D eigenvalue weighted by Crippen LogP contribution is -2.61. The van der Waals surface area contributed by atoms with Crippen LogP contribution in [-0.2, 0) is 4.79 Å². The maximum atomic E-state index is 13.1. The first kappa shape index (κ1) is 19.3. The Morgan fingerprint density at radius 2 is 2.07 bits per heavy atom. The van der Waals surface area contributed by atoms with Gasteiger partial charge in [0.25, 0.3) is 0 Å². The fraction of sp³-hybridized carbons (Fsp3) is 0.762. The van der Waals surface area contributed by atoms with Gasteiger partial charge in [-0.2, -0.15) is 5.10 Å². The van der Waals surface area contributed by atoms with E-state index in [1.165, 1.54) is 0 Å². The molecule has 2 bridgehead atoms. The molecular formula is C21H33N5O2. The van der Waals surface area contributed by atoms with Crippen LogP contribution in [0, 0.1) is 18.8 Å². The minimum Gasteiger partial charge on any atom is -0.339 e. The monoisotopic (exact) mass is 387 g/mol.